The van der Waals surface area contributed by atoms with Crippen molar-refractivity contribution >= 4 is 17.1 Å². The van der Waals surface area contributed by atoms with Crippen LogP contribution in [0.15, 0.2) is 28.7 Å². The van der Waals surface area contributed by atoms with Gasteiger partial charge in [-0.3, -0.25) is 0 Å². The second-order valence-corrected chi connectivity index (χ2v) is 7.70. The Bertz CT molecular complexity index is 629. The molecule has 1 heterocycles. The fraction of sp³-hybridized carbons (Fsp3) is 0.588. The van der Waals surface area contributed by atoms with E-state index in [1.807, 2.05) is 45.0 Å². The van der Waals surface area contributed by atoms with Gasteiger partial charge in [0.25, 0.3) is 6.01 Å². The largest absolute Gasteiger partial charge is 0.424 e. The summed E-state index contributed by atoms with van der Waals surface area (Å²) in [5, 5.41) is 3.11. The summed E-state index contributed by atoms with van der Waals surface area (Å²) in [5.74, 6) is -2.61. The van der Waals surface area contributed by atoms with E-state index in [0.29, 0.717) is 18.1 Å². The van der Waals surface area contributed by atoms with E-state index in [0.717, 1.165) is 11.9 Å². The molecule has 0 amide bonds. The number of hydrogen-bond acceptors (Lipinski definition) is 3. The molecule has 5 heteroatoms. The van der Waals surface area contributed by atoms with Crippen LogP contribution >= 0.6 is 0 Å². The van der Waals surface area contributed by atoms with Crippen LogP contribution in [0, 0.1) is 10.8 Å². The van der Waals surface area contributed by atoms with Crippen molar-refractivity contribution in [1.82, 2.24) is 4.98 Å². The number of halogens is 2. The van der Waals surface area contributed by atoms with E-state index in [9.17, 15) is 8.78 Å². The average Bonchev–Trinajstić information content (AvgIpc) is 2.74. The van der Waals surface area contributed by atoms with Crippen LogP contribution in [0.1, 0.15) is 40.0 Å². The molecule has 0 spiro atoms. The summed E-state index contributed by atoms with van der Waals surface area (Å²) in [4.78, 5) is 4.34. The van der Waals surface area contributed by atoms with E-state index >= 15 is 0 Å². The number of fused-ring (bicyclic) bond motifs is 1. The highest BCUT2D eigenvalue weighted by molar-refractivity contribution is 5.74. The maximum absolute atomic E-state index is 14.0. The molecule has 1 saturated carbocycles. The zero-order valence-corrected chi connectivity index (χ0v) is 13.2. The van der Waals surface area contributed by atoms with Crippen molar-refractivity contribution in [2.24, 2.45) is 10.8 Å². The number of anilines is 1. The van der Waals surface area contributed by atoms with Crippen LogP contribution in [0.4, 0.5) is 14.8 Å². The number of benzene rings is 1. The van der Waals surface area contributed by atoms with E-state index < -0.39 is 11.3 Å². The zero-order valence-electron chi connectivity index (χ0n) is 13.2. The summed E-state index contributed by atoms with van der Waals surface area (Å²) < 4.78 is 33.6. The van der Waals surface area contributed by atoms with Crippen molar-refractivity contribution in [3.8, 4) is 0 Å². The highest BCUT2D eigenvalue weighted by atomic mass is 19.3. The number of nitrogens with one attached hydrogen (secondary N) is 1. The first-order valence-corrected chi connectivity index (χ1v) is 7.64. The molecule has 1 aromatic carbocycles. The fourth-order valence-electron chi connectivity index (χ4n) is 4.03. The molecule has 1 aliphatic carbocycles. The minimum absolute atomic E-state index is 0.0432. The number of alkyl halides is 2. The quantitative estimate of drug-likeness (QED) is 0.858. The first-order valence-electron chi connectivity index (χ1n) is 7.64. The minimum atomic E-state index is -2.61. The lowest BCUT2D eigenvalue weighted by Gasteiger charge is -2.46. The number of hydrogen-bond donors (Lipinski definition) is 1. The van der Waals surface area contributed by atoms with Gasteiger partial charge in [0, 0.05) is 19.4 Å². The molecule has 0 aliphatic heterocycles. The molecule has 3 nitrogen and oxygen atoms in total. The third kappa shape index (κ3) is 3.23. The van der Waals surface area contributed by atoms with Crippen LogP contribution in [0.3, 0.4) is 0 Å². The smallest absolute Gasteiger partial charge is 0.295 e. The molecule has 1 N–H and O–H groups in total. The maximum atomic E-state index is 14.0. The Balaban J connectivity index is 1.74. The SMILES string of the molecule is CC1(C)CC(F)(F)C[C@](C)(CNc2nc3ccccc3o2)C1. The number of oxazole rings is 1. The molecule has 3 rings (SSSR count). The average molecular weight is 308 g/mol. The molecule has 1 aliphatic rings. The van der Waals surface area contributed by atoms with Crippen molar-refractivity contribution in [3.63, 3.8) is 0 Å². The van der Waals surface area contributed by atoms with Crippen LogP contribution in [-0.4, -0.2) is 17.5 Å². The van der Waals surface area contributed by atoms with Gasteiger partial charge >= 0.3 is 0 Å². The van der Waals surface area contributed by atoms with E-state index in [1.54, 1.807) is 0 Å². The Morgan fingerprint density at radius 2 is 1.86 bits per heavy atom. The Morgan fingerprint density at radius 3 is 2.55 bits per heavy atom. The monoisotopic (exact) mass is 308 g/mol. The van der Waals surface area contributed by atoms with Crippen LogP contribution in [0.2, 0.25) is 0 Å². The van der Waals surface area contributed by atoms with Gasteiger partial charge in [-0.15, -0.1) is 0 Å². The lowest BCUT2D eigenvalue weighted by Crippen LogP contribution is -2.45. The molecule has 0 unspecified atom stereocenters. The highest BCUT2D eigenvalue weighted by Gasteiger charge is 2.50. The summed E-state index contributed by atoms with van der Waals surface area (Å²) in [5.41, 5.74) is 0.625. The van der Waals surface area contributed by atoms with Crippen LogP contribution in [0.5, 0.6) is 0 Å². The van der Waals surface area contributed by atoms with E-state index in [1.165, 1.54) is 0 Å². The van der Waals surface area contributed by atoms with Crippen LogP contribution < -0.4 is 5.32 Å². The summed E-state index contributed by atoms with van der Waals surface area (Å²) in [6, 6.07) is 7.87. The second kappa shape index (κ2) is 4.93. The van der Waals surface area contributed by atoms with Gasteiger partial charge in [-0.05, 0) is 29.4 Å². The van der Waals surface area contributed by atoms with Crippen molar-refractivity contribution in [2.75, 3.05) is 11.9 Å². The second-order valence-electron chi connectivity index (χ2n) is 7.70. The fourth-order valence-corrected chi connectivity index (χ4v) is 4.03. The summed E-state index contributed by atoms with van der Waals surface area (Å²) >= 11 is 0. The third-order valence-corrected chi connectivity index (χ3v) is 4.29. The zero-order chi connectivity index (χ0) is 16.0. The molecule has 0 bridgehead atoms. The van der Waals surface area contributed by atoms with Crippen molar-refractivity contribution in [2.45, 2.75) is 46.0 Å². The summed E-state index contributed by atoms with van der Waals surface area (Å²) in [7, 11) is 0. The molecule has 0 radical (unpaired) electrons. The third-order valence-electron chi connectivity index (χ3n) is 4.29. The van der Waals surface area contributed by atoms with Gasteiger partial charge < -0.3 is 9.73 Å². The van der Waals surface area contributed by atoms with Gasteiger partial charge in [-0.25, -0.2) is 8.78 Å². The van der Waals surface area contributed by atoms with Crippen LogP contribution in [0.25, 0.3) is 11.1 Å². The Morgan fingerprint density at radius 1 is 1.14 bits per heavy atom. The molecule has 22 heavy (non-hydrogen) atoms. The highest BCUT2D eigenvalue weighted by Crippen LogP contribution is 2.52. The van der Waals surface area contributed by atoms with Gasteiger partial charge in [0.1, 0.15) is 5.52 Å². The van der Waals surface area contributed by atoms with Crippen LogP contribution in [-0.2, 0) is 0 Å². The molecule has 1 atom stereocenters. The number of rotatable bonds is 3. The lowest BCUT2D eigenvalue weighted by atomic mass is 9.63. The van der Waals surface area contributed by atoms with Gasteiger partial charge in [0.05, 0.1) is 0 Å². The first kappa shape index (κ1) is 15.3. The standard InChI is InChI=1S/C17H22F2N2O/c1-15(2)8-16(3,10-17(18,19)9-15)11-20-14-21-12-6-4-5-7-13(12)22-14/h4-7H,8-11H2,1-3H3,(H,20,21)/t16-/m1/s1. The van der Waals surface area contributed by atoms with Gasteiger partial charge in [0.2, 0.25) is 5.92 Å². The van der Waals surface area contributed by atoms with Crippen molar-refractivity contribution in [3.05, 3.63) is 24.3 Å². The lowest BCUT2D eigenvalue weighted by molar-refractivity contribution is -0.117. The predicted octanol–water partition coefficient (Wildman–Crippen LogP) is 5.09. The van der Waals surface area contributed by atoms with Gasteiger partial charge in [-0.1, -0.05) is 32.9 Å². The Kier molecular flexibility index (Phi) is 3.42. The molecule has 2 aromatic rings. The van der Waals surface area contributed by atoms with Gasteiger partial charge in [0.15, 0.2) is 5.58 Å². The topological polar surface area (TPSA) is 38.1 Å². The minimum Gasteiger partial charge on any atom is -0.424 e. The Labute approximate surface area is 129 Å². The number of aromatic nitrogens is 1. The van der Waals surface area contributed by atoms with Gasteiger partial charge in [-0.2, -0.15) is 4.98 Å². The summed E-state index contributed by atoms with van der Waals surface area (Å²) in [6.07, 6.45) is 0.609. The molecule has 1 fully saturated rings. The van der Waals surface area contributed by atoms with Crippen molar-refractivity contribution < 1.29 is 13.2 Å². The molecular formula is C17H22F2N2O. The first-order chi connectivity index (χ1) is 10.2. The summed E-state index contributed by atoms with van der Waals surface area (Å²) in [6.45, 7) is 6.17. The normalized spacial score (nSPS) is 27.0. The number of para-hydroxylation sites is 2. The Hall–Kier alpha value is -1.65. The maximum Gasteiger partial charge on any atom is 0.295 e. The van der Waals surface area contributed by atoms with E-state index in [2.05, 4.69) is 10.3 Å². The molecule has 120 valence electrons. The molecule has 1 aromatic heterocycles. The number of nitrogens with zero attached hydrogens (tertiary/aromatic N) is 1. The van der Waals surface area contributed by atoms with E-state index in [4.69, 9.17) is 4.42 Å². The van der Waals surface area contributed by atoms with E-state index in [-0.39, 0.29) is 18.3 Å². The van der Waals surface area contributed by atoms with Crippen molar-refractivity contribution in [1.29, 1.82) is 0 Å². The molecule has 0 saturated heterocycles. The predicted molar refractivity (Wildman–Crippen MR) is 83.2 cm³/mol. The molecular weight excluding hydrogens is 286 g/mol.